The monoisotopic (exact) mass is 470 g/mol. The summed E-state index contributed by atoms with van der Waals surface area (Å²) in [5, 5.41) is 2.73. The highest BCUT2D eigenvalue weighted by molar-refractivity contribution is 7.92. The van der Waals surface area contributed by atoms with E-state index in [1.165, 1.54) is 32.4 Å². The van der Waals surface area contributed by atoms with Gasteiger partial charge >= 0.3 is 0 Å². The van der Waals surface area contributed by atoms with Gasteiger partial charge in [0.25, 0.3) is 10.0 Å². The molecule has 3 aromatic carbocycles. The minimum absolute atomic E-state index is 0.0451. The predicted octanol–water partition coefficient (Wildman–Crippen LogP) is 3.94. The maximum atomic E-state index is 13.5. The van der Waals surface area contributed by atoms with Crippen LogP contribution in [0.4, 0.5) is 11.4 Å². The molecule has 0 bridgehead atoms. The maximum Gasteiger partial charge on any atom is 0.264 e. The minimum atomic E-state index is -4.10. The standard InChI is InChI=1S/C24H26N2O6S/c1-4-32-19-12-10-18(11-13-19)25-24(27)17-26(33(28,29)21-8-6-5-7-9-21)22-16-20(30-2)14-15-23(22)31-3/h5-16H,4,17H2,1-3H3,(H,25,27). The quantitative estimate of drug-likeness (QED) is 0.482. The third-order valence-corrected chi connectivity index (χ3v) is 6.50. The second kappa shape index (κ2) is 10.7. The summed E-state index contributed by atoms with van der Waals surface area (Å²) in [5.74, 6) is 0.851. The van der Waals surface area contributed by atoms with Crippen LogP contribution in [0.3, 0.4) is 0 Å². The Balaban J connectivity index is 1.96. The van der Waals surface area contributed by atoms with Gasteiger partial charge in [-0.25, -0.2) is 8.42 Å². The number of carbonyl (C=O) groups is 1. The molecule has 0 aliphatic heterocycles. The fraction of sp³-hybridized carbons (Fsp3) is 0.208. The van der Waals surface area contributed by atoms with Crippen molar-refractivity contribution in [2.45, 2.75) is 11.8 Å². The summed E-state index contributed by atoms with van der Waals surface area (Å²) < 4.78 is 44.1. The molecule has 0 fully saturated rings. The van der Waals surface area contributed by atoms with Gasteiger partial charge in [-0.1, -0.05) is 18.2 Å². The zero-order valence-corrected chi connectivity index (χ0v) is 19.5. The first-order chi connectivity index (χ1) is 15.9. The molecule has 0 saturated carbocycles. The number of carbonyl (C=O) groups excluding carboxylic acids is 1. The van der Waals surface area contributed by atoms with Gasteiger partial charge in [0, 0.05) is 11.8 Å². The number of benzene rings is 3. The minimum Gasteiger partial charge on any atom is -0.497 e. The van der Waals surface area contributed by atoms with E-state index in [1.54, 1.807) is 54.6 Å². The van der Waals surface area contributed by atoms with Crippen LogP contribution in [0, 0.1) is 0 Å². The van der Waals surface area contributed by atoms with Gasteiger partial charge in [0.15, 0.2) is 0 Å². The third-order valence-electron chi connectivity index (χ3n) is 4.72. The van der Waals surface area contributed by atoms with Crippen LogP contribution in [0.5, 0.6) is 17.2 Å². The first kappa shape index (κ1) is 23.9. The Morgan fingerprint density at radius 1 is 0.909 bits per heavy atom. The van der Waals surface area contributed by atoms with E-state index in [9.17, 15) is 13.2 Å². The number of sulfonamides is 1. The molecule has 33 heavy (non-hydrogen) atoms. The average molecular weight is 471 g/mol. The molecule has 0 heterocycles. The number of ether oxygens (including phenoxy) is 3. The van der Waals surface area contributed by atoms with Crippen molar-refractivity contribution in [3.05, 3.63) is 72.8 Å². The SMILES string of the molecule is CCOc1ccc(NC(=O)CN(c2cc(OC)ccc2OC)S(=O)(=O)c2ccccc2)cc1. The smallest absolute Gasteiger partial charge is 0.264 e. The Kier molecular flexibility index (Phi) is 7.78. The van der Waals surface area contributed by atoms with E-state index < -0.39 is 22.5 Å². The molecule has 174 valence electrons. The normalized spacial score (nSPS) is 10.9. The van der Waals surface area contributed by atoms with Crippen molar-refractivity contribution in [1.29, 1.82) is 0 Å². The van der Waals surface area contributed by atoms with Gasteiger partial charge in [-0.3, -0.25) is 9.10 Å². The summed E-state index contributed by atoms with van der Waals surface area (Å²) in [6.07, 6.45) is 0. The fourth-order valence-electron chi connectivity index (χ4n) is 3.14. The van der Waals surface area contributed by atoms with E-state index >= 15 is 0 Å². The van der Waals surface area contributed by atoms with Gasteiger partial charge in [-0.05, 0) is 55.5 Å². The van der Waals surface area contributed by atoms with Gasteiger partial charge in [0.05, 0.1) is 31.4 Å². The van der Waals surface area contributed by atoms with Crippen molar-refractivity contribution in [2.75, 3.05) is 37.0 Å². The van der Waals surface area contributed by atoms with Crippen LogP contribution in [0.25, 0.3) is 0 Å². The van der Waals surface area contributed by atoms with Crippen LogP contribution in [0.1, 0.15) is 6.92 Å². The lowest BCUT2D eigenvalue weighted by Gasteiger charge is -2.26. The molecule has 3 rings (SSSR count). The second-order valence-electron chi connectivity index (χ2n) is 6.87. The number of anilines is 2. The Labute approximate surface area is 193 Å². The van der Waals surface area contributed by atoms with Gasteiger partial charge in [0.1, 0.15) is 23.8 Å². The maximum absolute atomic E-state index is 13.5. The number of nitrogens with zero attached hydrogens (tertiary/aromatic N) is 1. The summed E-state index contributed by atoms with van der Waals surface area (Å²) in [4.78, 5) is 13.0. The largest absolute Gasteiger partial charge is 0.497 e. The number of hydrogen-bond acceptors (Lipinski definition) is 6. The van der Waals surface area contributed by atoms with Crippen molar-refractivity contribution >= 4 is 27.3 Å². The number of nitrogens with one attached hydrogen (secondary N) is 1. The summed E-state index contributed by atoms with van der Waals surface area (Å²) in [7, 11) is -1.19. The molecule has 9 heteroatoms. The van der Waals surface area contributed by atoms with E-state index in [2.05, 4.69) is 5.32 Å². The lowest BCUT2D eigenvalue weighted by atomic mass is 10.2. The molecule has 8 nitrogen and oxygen atoms in total. The highest BCUT2D eigenvalue weighted by atomic mass is 32.2. The predicted molar refractivity (Wildman–Crippen MR) is 127 cm³/mol. The van der Waals surface area contributed by atoms with Crippen molar-refractivity contribution in [2.24, 2.45) is 0 Å². The third kappa shape index (κ3) is 5.75. The molecule has 0 atom stereocenters. The number of hydrogen-bond donors (Lipinski definition) is 1. The van der Waals surface area contributed by atoms with E-state index in [-0.39, 0.29) is 16.3 Å². The highest BCUT2D eigenvalue weighted by Crippen LogP contribution is 2.35. The van der Waals surface area contributed by atoms with Crippen molar-refractivity contribution in [3.8, 4) is 17.2 Å². The van der Waals surface area contributed by atoms with Crippen molar-refractivity contribution in [3.63, 3.8) is 0 Å². The second-order valence-corrected chi connectivity index (χ2v) is 8.73. The molecule has 0 saturated heterocycles. The molecular formula is C24H26N2O6S. The Bertz CT molecular complexity index is 1180. The van der Waals surface area contributed by atoms with E-state index in [0.29, 0.717) is 23.8 Å². The molecule has 1 amide bonds. The van der Waals surface area contributed by atoms with Crippen LogP contribution in [-0.2, 0) is 14.8 Å². The number of amides is 1. The molecule has 3 aromatic rings. The van der Waals surface area contributed by atoms with E-state index in [4.69, 9.17) is 14.2 Å². The lowest BCUT2D eigenvalue weighted by molar-refractivity contribution is -0.114. The Hall–Kier alpha value is -3.72. The van der Waals surface area contributed by atoms with Crippen LogP contribution in [0.2, 0.25) is 0 Å². The zero-order valence-electron chi connectivity index (χ0n) is 18.6. The molecule has 0 aliphatic carbocycles. The Morgan fingerprint density at radius 3 is 2.18 bits per heavy atom. The average Bonchev–Trinajstić information content (AvgIpc) is 2.84. The summed E-state index contributed by atoms with van der Waals surface area (Å²) in [5.41, 5.74) is 0.695. The molecule has 0 unspecified atom stereocenters. The van der Waals surface area contributed by atoms with Crippen molar-refractivity contribution < 1.29 is 27.4 Å². The van der Waals surface area contributed by atoms with E-state index in [1.807, 2.05) is 6.92 Å². The molecule has 0 radical (unpaired) electrons. The molecule has 1 N–H and O–H groups in total. The van der Waals surface area contributed by atoms with Crippen LogP contribution >= 0.6 is 0 Å². The van der Waals surface area contributed by atoms with Gasteiger partial charge in [-0.2, -0.15) is 0 Å². The van der Waals surface area contributed by atoms with E-state index in [0.717, 1.165) is 4.31 Å². The molecule has 0 aliphatic rings. The van der Waals surface area contributed by atoms with Crippen molar-refractivity contribution in [1.82, 2.24) is 0 Å². The first-order valence-electron chi connectivity index (χ1n) is 10.2. The summed E-state index contributed by atoms with van der Waals surface area (Å²) in [6.45, 7) is 1.93. The van der Waals surface area contributed by atoms with Crippen LogP contribution in [-0.4, -0.2) is 41.7 Å². The number of rotatable bonds is 10. The summed E-state index contributed by atoms with van der Waals surface area (Å²) in [6, 6.07) is 19.5. The first-order valence-corrected chi connectivity index (χ1v) is 11.7. The van der Waals surface area contributed by atoms with Crippen LogP contribution in [0.15, 0.2) is 77.7 Å². The highest BCUT2D eigenvalue weighted by Gasteiger charge is 2.30. The Morgan fingerprint density at radius 2 is 1.58 bits per heavy atom. The van der Waals surface area contributed by atoms with Gasteiger partial charge in [0.2, 0.25) is 5.91 Å². The van der Waals surface area contributed by atoms with Gasteiger partial charge < -0.3 is 19.5 Å². The van der Waals surface area contributed by atoms with Crippen LogP contribution < -0.4 is 23.8 Å². The topological polar surface area (TPSA) is 94.2 Å². The molecular weight excluding hydrogens is 444 g/mol. The molecule has 0 spiro atoms. The number of methoxy groups -OCH3 is 2. The fourth-order valence-corrected chi connectivity index (χ4v) is 4.59. The summed E-state index contributed by atoms with van der Waals surface area (Å²) >= 11 is 0. The lowest BCUT2D eigenvalue weighted by Crippen LogP contribution is -2.38. The molecule has 0 aromatic heterocycles. The zero-order chi connectivity index (χ0) is 23.8. The van der Waals surface area contributed by atoms with Gasteiger partial charge in [-0.15, -0.1) is 0 Å².